The number of carbonyl (C=O) groups is 1. The van der Waals surface area contributed by atoms with Crippen molar-refractivity contribution in [2.24, 2.45) is 0 Å². The van der Waals surface area contributed by atoms with Crippen LogP contribution in [0.2, 0.25) is 0 Å². The van der Waals surface area contributed by atoms with Crippen LogP contribution in [-0.2, 0) is 4.74 Å². The maximum absolute atomic E-state index is 11.8. The molecule has 0 aromatic heterocycles. The summed E-state index contributed by atoms with van der Waals surface area (Å²) < 4.78 is 10.9. The molecule has 5 heteroatoms. The molecule has 0 bridgehead atoms. The highest BCUT2D eigenvalue weighted by Gasteiger charge is 2.21. The molecule has 1 amide bonds. The second-order valence-corrected chi connectivity index (χ2v) is 4.41. The molecule has 1 aromatic rings. The van der Waals surface area contributed by atoms with Gasteiger partial charge in [0.25, 0.3) is 5.91 Å². The molecule has 1 heterocycles. The van der Waals surface area contributed by atoms with E-state index >= 15 is 0 Å². The van der Waals surface area contributed by atoms with Crippen molar-refractivity contribution in [1.82, 2.24) is 5.32 Å². The minimum atomic E-state index is -0.0864. The van der Waals surface area contributed by atoms with Crippen LogP contribution < -0.4 is 10.1 Å². The van der Waals surface area contributed by atoms with Crippen LogP contribution in [0.5, 0.6) is 5.75 Å². The first kappa shape index (κ1) is 11.4. The quantitative estimate of drug-likeness (QED) is 0.918. The third-order valence-electron chi connectivity index (χ3n) is 2.39. The number of methoxy groups -OCH3 is 1. The highest BCUT2D eigenvalue weighted by molar-refractivity contribution is 9.10. The summed E-state index contributed by atoms with van der Waals surface area (Å²) >= 11 is 3.34. The van der Waals surface area contributed by atoms with Gasteiger partial charge in [0, 0.05) is 5.56 Å². The number of hydrogen-bond acceptors (Lipinski definition) is 3. The average Bonchev–Trinajstić information content (AvgIpc) is 2.23. The van der Waals surface area contributed by atoms with Gasteiger partial charge in [0.2, 0.25) is 0 Å². The summed E-state index contributed by atoms with van der Waals surface area (Å²) in [5, 5.41) is 2.87. The molecule has 0 atom stereocenters. The molecule has 0 radical (unpaired) electrons. The zero-order valence-corrected chi connectivity index (χ0v) is 10.4. The Labute approximate surface area is 102 Å². The zero-order chi connectivity index (χ0) is 11.5. The van der Waals surface area contributed by atoms with E-state index < -0.39 is 0 Å². The Morgan fingerprint density at radius 1 is 1.56 bits per heavy atom. The lowest BCUT2D eigenvalue weighted by Crippen LogP contribution is -2.48. The van der Waals surface area contributed by atoms with Gasteiger partial charge in [-0.2, -0.15) is 0 Å². The second-order valence-electron chi connectivity index (χ2n) is 3.56. The summed E-state index contributed by atoms with van der Waals surface area (Å²) in [6, 6.07) is 5.39. The molecule has 2 rings (SSSR count). The van der Waals surface area contributed by atoms with E-state index in [1.807, 2.05) is 0 Å². The third-order valence-corrected chi connectivity index (χ3v) is 3.01. The lowest BCUT2D eigenvalue weighted by atomic mass is 10.2. The monoisotopic (exact) mass is 285 g/mol. The Morgan fingerprint density at radius 3 is 2.81 bits per heavy atom. The van der Waals surface area contributed by atoms with Crippen molar-refractivity contribution in [3.8, 4) is 5.75 Å². The van der Waals surface area contributed by atoms with Crippen LogP contribution in [0.1, 0.15) is 10.4 Å². The Kier molecular flexibility index (Phi) is 3.46. The number of rotatable bonds is 3. The smallest absolute Gasteiger partial charge is 0.251 e. The molecule has 86 valence electrons. The molecular weight excluding hydrogens is 274 g/mol. The summed E-state index contributed by atoms with van der Waals surface area (Å²) in [6.45, 7) is 1.20. The van der Waals surface area contributed by atoms with Crippen molar-refractivity contribution in [1.29, 1.82) is 0 Å². The SMILES string of the molecule is COc1ccc(C(=O)NC2COC2)cc1Br. The van der Waals surface area contributed by atoms with Crippen LogP contribution in [-0.4, -0.2) is 32.3 Å². The fraction of sp³-hybridized carbons (Fsp3) is 0.364. The van der Waals surface area contributed by atoms with Gasteiger partial charge in [-0.25, -0.2) is 0 Å². The van der Waals surface area contributed by atoms with Gasteiger partial charge in [-0.3, -0.25) is 4.79 Å². The number of benzene rings is 1. The molecule has 16 heavy (non-hydrogen) atoms. The average molecular weight is 286 g/mol. The molecule has 0 aliphatic carbocycles. The molecule has 0 saturated carbocycles. The Balaban J connectivity index is 2.07. The van der Waals surface area contributed by atoms with Gasteiger partial charge in [-0.05, 0) is 34.1 Å². The highest BCUT2D eigenvalue weighted by Crippen LogP contribution is 2.25. The largest absolute Gasteiger partial charge is 0.496 e. The van der Waals surface area contributed by atoms with E-state index in [2.05, 4.69) is 21.2 Å². The first-order chi connectivity index (χ1) is 7.70. The van der Waals surface area contributed by atoms with E-state index in [4.69, 9.17) is 9.47 Å². The van der Waals surface area contributed by atoms with Crippen molar-refractivity contribution < 1.29 is 14.3 Å². The molecule has 1 fully saturated rings. The fourth-order valence-electron chi connectivity index (χ4n) is 1.40. The normalized spacial score (nSPS) is 15.4. The molecule has 1 aliphatic rings. The standard InChI is InChI=1S/C11H12BrNO3/c1-15-10-3-2-7(4-9(10)12)11(14)13-8-5-16-6-8/h2-4,8H,5-6H2,1H3,(H,13,14). The summed E-state index contributed by atoms with van der Waals surface area (Å²) in [7, 11) is 1.59. The van der Waals surface area contributed by atoms with Crippen LogP contribution in [0.25, 0.3) is 0 Å². The first-order valence-corrected chi connectivity index (χ1v) is 5.72. The zero-order valence-electron chi connectivity index (χ0n) is 8.83. The summed E-state index contributed by atoms with van der Waals surface area (Å²) in [5.41, 5.74) is 0.611. The van der Waals surface area contributed by atoms with Gasteiger partial charge in [0.1, 0.15) is 5.75 Å². The molecule has 1 saturated heterocycles. The molecule has 0 spiro atoms. The summed E-state index contributed by atoms with van der Waals surface area (Å²) in [4.78, 5) is 11.8. The van der Waals surface area contributed by atoms with Gasteiger partial charge in [0.05, 0.1) is 30.8 Å². The van der Waals surface area contributed by atoms with Crippen molar-refractivity contribution in [3.05, 3.63) is 28.2 Å². The lowest BCUT2D eigenvalue weighted by Gasteiger charge is -2.26. The minimum absolute atomic E-state index is 0.0864. The maximum atomic E-state index is 11.8. The first-order valence-electron chi connectivity index (χ1n) is 4.93. The summed E-state index contributed by atoms with van der Waals surface area (Å²) in [6.07, 6.45) is 0. The summed E-state index contributed by atoms with van der Waals surface area (Å²) in [5.74, 6) is 0.625. The maximum Gasteiger partial charge on any atom is 0.251 e. The molecule has 1 aromatic carbocycles. The number of ether oxygens (including phenoxy) is 2. The van der Waals surface area contributed by atoms with Gasteiger partial charge >= 0.3 is 0 Å². The Hall–Kier alpha value is -1.07. The Morgan fingerprint density at radius 2 is 2.31 bits per heavy atom. The van der Waals surface area contributed by atoms with Crippen molar-refractivity contribution in [2.75, 3.05) is 20.3 Å². The second kappa shape index (κ2) is 4.84. The van der Waals surface area contributed by atoms with Crippen LogP contribution in [0.3, 0.4) is 0 Å². The molecule has 0 unspecified atom stereocenters. The topological polar surface area (TPSA) is 47.6 Å². The molecule has 4 nitrogen and oxygen atoms in total. The van der Waals surface area contributed by atoms with Gasteiger partial charge in [-0.15, -0.1) is 0 Å². The van der Waals surface area contributed by atoms with E-state index in [0.29, 0.717) is 24.5 Å². The van der Waals surface area contributed by atoms with E-state index in [1.165, 1.54) is 0 Å². The minimum Gasteiger partial charge on any atom is -0.496 e. The highest BCUT2D eigenvalue weighted by atomic mass is 79.9. The number of carbonyl (C=O) groups excluding carboxylic acids is 1. The van der Waals surface area contributed by atoms with Crippen molar-refractivity contribution >= 4 is 21.8 Å². The van der Waals surface area contributed by atoms with Crippen LogP contribution in [0, 0.1) is 0 Å². The number of nitrogens with one attached hydrogen (secondary N) is 1. The number of amides is 1. The number of halogens is 1. The predicted molar refractivity (Wildman–Crippen MR) is 62.8 cm³/mol. The molecule has 1 N–H and O–H groups in total. The van der Waals surface area contributed by atoms with E-state index in [-0.39, 0.29) is 11.9 Å². The fourth-order valence-corrected chi connectivity index (χ4v) is 1.94. The van der Waals surface area contributed by atoms with Crippen LogP contribution in [0.4, 0.5) is 0 Å². The third kappa shape index (κ3) is 2.36. The van der Waals surface area contributed by atoms with E-state index in [1.54, 1.807) is 25.3 Å². The van der Waals surface area contributed by atoms with E-state index in [0.717, 1.165) is 4.47 Å². The van der Waals surface area contributed by atoms with Crippen LogP contribution in [0.15, 0.2) is 22.7 Å². The number of hydrogen-bond donors (Lipinski definition) is 1. The van der Waals surface area contributed by atoms with Crippen molar-refractivity contribution in [2.45, 2.75) is 6.04 Å². The predicted octanol–water partition coefficient (Wildman–Crippen LogP) is 1.59. The molecule has 1 aliphatic heterocycles. The van der Waals surface area contributed by atoms with Gasteiger partial charge in [0.15, 0.2) is 0 Å². The lowest BCUT2D eigenvalue weighted by molar-refractivity contribution is -0.00346. The van der Waals surface area contributed by atoms with Gasteiger partial charge in [-0.1, -0.05) is 0 Å². The van der Waals surface area contributed by atoms with Gasteiger partial charge < -0.3 is 14.8 Å². The van der Waals surface area contributed by atoms with E-state index in [9.17, 15) is 4.79 Å². The Bertz CT molecular complexity index is 404. The van der Waals surface area contributed by atoms with Crippen molar-refractivity contribution in [3.63, 3.8) is 0 Å². The molecular formula is C11H12BrNO3. The van der Waals surface area contributed by atoms with Crippen LogP contribution >= 0.6 is 15.9 Å².